The summed E-state index contributed by atoms with van der Waals surface area (Å²) < 4.78 is 24.1. The van der Waals surface area contributed by atoms with Gasteiger partial charge in [0.15, 0.2) is 9.84 Å². The quantitative estimate of drug-likeness (QED) is 0.795. The number of rotatable bonds is 3. The molecule has 0 aliphatic carbocycles. The van der Waals surface area contributed by atoms with Crippen LogP contribution in [0.5, 0.6) is 0 Å². The second-order valence-corrected chi connectivity index (χ2v) is 5.75. The Kier molecular flexibility index (Phi) is 3.89. The minimum atomic E-state index is -3.15. The van der Waals surface area contributed by atoms with Crippen LogP contribution in [0.4, 0.5) is 0 Å². The Morgan fingerprint density at radius 2 is 1.86 bits per heavy atom. The van der Waals surface area contributed by atoms with Gasteiger partial charge in [-0.3, -0.25) is 0 Å². The summed E-state index contributed by atoms with van der Waals surface area (Å²) in [5.74, 6) is 0.0606. The summed E-state index contributed by atoms with van der Waals surface area (Å²) in [6.07, 6.45) is 3.37. The summed E-state index contributed by atoms with van der Waals surface area (Å²) >= 11 is 3.26. The molecule has 76 valence electrons. The number of benzene rings is 1. The molecule has 0 saturated heterocycles. The smallest absolute Gasteiger partial charge is 0.181 e. The Bertz CT molecular complexity index is 418. The van der Waals surface area contributed by atoms with Crippen LogP contribution in [-0.4, -0.2) is 14.2 Å². The zero-order chi connectivity index (χ0) is 10.6. The first-order valence-electron chi connectivity index (χ1n) is 4.16. The minimum absolute atomic E-state index is 0.0606. The average Bonchev–Trinajstić information content (AvgIpc) is 2.16. The van der Waals surface area contributed by atoms with E-state index in [-0.39, 0.29) is 5.75 Å². The maximum atomic E-state index is 11.6. The number of allylic oxidation sites excluding steroid dienone is 1. The van der Waals surface area contributed by atoms with E-state index in [0.717, 1.165) is 4.47 Å². The summed E-state index contributed by atoms with van der Waals surface area (Å²) in [6.45, 7) is 1.80. The van der Waals surface area contributed by atoms with Crippen LogP contribution in [0.2, 0.25) is 0 Å². The van der Waals surface area contributed by atoms with Gasteiger partial charge >= 0.3 is 0 Å². The maximum Gasteiger partial charge on any atom is 0.181 e. The van der Waals surface area contributed by atoms with Crippen molar-refractivity contribution in [2.45, 2.75) is 11.8 Å². The van der Waals surface area contributed by atoms with Crippen LogP contribution in [0.1, 0.15) is 6.92 Å². The lowest BCUT2D eigenvalue weighted by Gasteiger charge is -2.00. The van der Waals surface area contributed by atoms with Gasteiger partial charge < -0.3 is 0 Å². The van der Waals surface area contributed by atoms with Crippen molar-refractivity contribution in [1.82, 2.24) is 0 Å². The molecular formula is C10H11BrO2S. The average molecular weight is 275 g/mol. The molecule has 0 N–H and O–H groups in total. The van der Waals surface area contributed by atoms with Gasteiger partial charge in [-0.1, -0.05) is 28.1 Å². The summed E-state index contributed by atoms with van der Waals surface area (Å²) in [7, 11) is -3.15. The molecule has 1 aromatic rings. The van der Waals surface area contributed by atoms with E-state index in [1.54, 1.807) is 43.3 Å². The van der Waals surface area contributed by atoms with Crippen LogP contribution < -0.4 is 0 Å². The van der Waals surface area contributed by atoms with E-state index in [9.17, 15) is 8.42 Å². The fourth-order valence-electron chi connectivity index (χ4n) is 0.961. The number of sulfone groups is 1. The summed E-state index contributed by atoms with van der Waals surface area (Å²) in [4.78, 5) is 0.360. The Balaban J connectivity index is 2.99. The molecule has 0 aromatic heterocycles. The fourth-order valence-corrected chi connectivity index (χ4v) is 2.41. The molecule has 4 heteroatoms. The molecule has 0 radical (unpaired) electrons. The zero-order valence-electron chi connectivity index (χ0n) is 7.77. The Morgan fingerprint density at radius 1 is 1.29 bits per heavy atom. The molecule has 1 rings (SSSR count). The predicted molar refractivity (Wildman–Crippen MR) is 61.0 cm³/mol. The molecule has 1 aromatic carbocycles. The van der Waals surface area contributed by atoms with Crippen LogP contribution in [-0.2, 0) is 9.84 Å². The molecule has 0 bridgehead atoms. The van der Waals surface area contributed by atoms with Gasteiger partial charge in [0.05, 0.1) is 10.6 Å². The molecule has 0 fully saturated rings. The van der Waals surface area contributed by atoms with Crippen LogP contribution in [0, 0.1) is 0 Å². The van der Waals surface area contributed by atoms with Crippen LogP contribution in [0.15, 0.2) is 45.8 Å². The van der Waals surface area contributed by atoms with E-state index < -0.39 is 9.84 Å². The van der Waals surface area contributed by atoms with Crippen molar-refractivity contribution in [2.75, 3.05) is 5.75 Å². The van der Waals surface area contributed by atoms with Gasteiger partial charge in [-0.15, -0.1) is 0 Å². The van der Waals surface area contributed by atoms with E-state index in [1.807, 2.05) is 0 Å². The molecule has 0 atom stereocenters. The highest BCUT2D eigenvalue weighted by Gasteiger charge is 2.11. The molecule has 0 aliphatic heterocycles. The molecule has 14 heavy (non-hydrogen) atoms. The zero-order valence-corrected chi connectivity index (χ0v) is 10.2. The van der Waals surface area contributed by atoms with Gasteiger partial charge in [0.25, 0.3) is 0 Å². The Hall–Kier alpha value is -0.610. The molecule has 0 unspecified atom stereocenters. The van der Waals surface area contributed by atoms with Crippen molar-refractivity contribution in [3.63, 3.8) is 0 Å². The summed E-state index contributed by atoms with van der Waals surface area (Å²) in [5, 5.41) is 0. The van der Waals surface area contributed by atoms with Crippen molar-refractivity contribution in [3.05, 3.63) is 40.9 Å². The fraction of sp³-hybridized carbons (Fsp3) is 0.200. The second kappa shape index (κ2) is 4.75. The van der Waals surface area contributed by atoms with Crippen molar-refractivity contribution in [1.29, 1.82) is 0 Å². The molecular weight excluding hydrogens is 264 g/mol. The van der Waals surface area contributed by atoms with E-state index in [1.165, 1.54) is 0 Å². The highest BCUT2D eigenvalue weighted by molar-refractivity contribution is 9.10. The van der Waals surface area contributed by atoms with Gasteiger partial charge in [-0.05, 0) is 31.2 Å². The number of halogens is 1. The first-order chi connectivity index (χ1) is 6.56. The second-order valence-electron chi connectivity index (χ2n) is 2.80. The van der Waals surface area contributed by atoms with Gasteiger partial charge in [0.2, 0.25) is 0 Å². The molecule has 0 amide bonds. The van der Waals surface area contributed by atoms with Crippen LogP contribution in [0.3, 0.4) is 0 Å². The monoisotopic (exact) mass is 274 g/mol. The Morgan fingerprint density at radius 3 is 2.36 bits per heavy atom. The van der Waals surface area contributed by atoms with Gasteiger partial charge in [-0.2, -0.15) is 0 Å². The summed E-state index contributed by atoms with van der Waals surface area (Å²) in [5.41, 5.74) is 0. The molecule has 2 nitrogen and oxygen atoms in total. The lowest BCUT2D eigenvalue weighted by atomic mass is 10.4. The third kappa shape index (κ3) is 2.96. The minimum Gasteiger partial charge on any atom is -0.223 e. The standard InChI is InChI=1S/C10H11BrO2S/c1-2-3-8-14(12,13)10-6-4-9(11)5-7-10/h2-7H,8H2,1H3. The lowest BCUT2D eigenvalue weighted by Crippen LogP contribution is -2.04. The third-order valence-corrected chi connectivity index (χ3v) is 3.87. The van der Waals surface area contributed by atoms with Crippen LogP contribution >= 0.6 is 15.9 Å². The predicted octanol–water partition coefficient (Wildman–Crippen LogP) is 2.80. The van der Waals surface area contributed by atoms with Gasteiger partial charge in [0, 0.05) is 4.47 Å². The molecule has 0 saturated carbocycles. The van der Waals surface area contributed by atoms with E-state index in [4.69, 9.17) is 0 Å². The van der Waals surface area contributed by atoms with Gasteiger partial charge in [0.1, 0.15) is 0 Å². The van der Waals surface area contributed by atoms with Crippen LogP contribution in [0.25, 0.3) is 0 Å². The SMILES string of the molecule is CC=CCS(=O)(=O)c1ccc(Br)cc1. The van der Waals surface area contributed by atoms with E-state index in [2.05, 4.69) is 15.9 Å². The summed E-state index contributed by atoms with van der Waals surface area (Å²) in [6, 6.07) is 6.65. The van der Waals surface area contributed by atoms with Crippen molar-refractivity contribution in [3.8, 4) is 0 Å². The highest BCUT2D eigenvalue weighted by atomic mass is 79.9. The Labute approximate surface area is 92.7 Å². The van der Waals surface area contributed by atoms with Gasteiger partial charge in [-0.25, -0.2) is 8.42 Å². The molecule has 0 spiro atoms. The maximum absolute atomic E-state index is 11.6. The first kappa shape index (κ1) is 11.5. The topological polar surface area (TPSA) is 34.1 Å². The number of hydrogen-bond donors (Lipinski definition) is 0. The van der Waals surface area contributed by atoms with E-state index in [0.29, 0.717) is 4.90 Å². The molecule has 0 heterocycles. The molecule has 0 aliphatic rings. The lowest BCUT2D eigenvalue weighted by molar-refractivity contribution is 0.599. The first-order valence-corrected chi connectivity index (χ1v) is 6.60. The van der Waals surface area contributed by atoms with Crippen molar-refractivity contribution in [2.24, 2.45) is 0 Å². The number of hydrogen-bond acceptors (Lipinski definition) is 2. The van der Waals surface area contributed by atoms with Crippen molar-refractivity contribution < 1.29 is 8.42 Å². The largest absolute Gasteiger partial charge is 0.223 e. The third-order valence-electron chi connectivity index (χ3n) is 1.72. The van der Waals surface area contributed by atoms with E-state index >= 15 is 0 Å². The van der Waals surface area contributed by atoms with Crippen molar-refractivity contribution >= 4 is 25.8 Å². The normalized spacial score (nSPS) is 12.1. The highest BCUT2D eigenvalue weighted by Crippen LogP contribution is 2.15.